The lowest BCUT2D eigenvalue weighted by Crippen LogP contribution is -2.49. The molecule has 7 heteroatoms. The monoisotopic (exact) mass is 310 g/mol. The molecule has 0 N–H and O–H groups in total. The minimum atomic E-state index is -1.81. The minimum absolute atomic E-state index is 0.208. The zero-order valence-electron chi connectivity index (χ0n) is 13.6. The van der Waals surface area contributed by atoms with E-state index in [2.05, 4.69) is 0 Å². The van der Waals surface area contributed by atoms with Crippen LogP contribution in [0.4, 0.5) is 0 Å². The Morgan fingerprint density at radius 3 is 1.90 bits per heavy atom. The van der Waals surface area contributed by atoms with E-state index in [1.54, 1.807) is 35.5 Å². The van der Waals surface area contributed by atoms with Crippen molar-refractivity contribution in [2.75, 3.05) is 48.8 Å². The third kappa shape index (κ3) is 6.62. The van der Waals surface area contributed by atoms with Crippen molar-refractivity contribution < 1.29 is 27.8 Å². The van der Waals surface area contributed by atoms with E-state index >= 15 is 0 Å². The summed E-state index contributed by atoms with van der Waals surface area (Å²) >= 11 is 0. The van der Waals surface area contributed by atoms with Crippen LogP contribution in [0.3, 0.4) is 0 Å². The number of hydrogen-bond donors (Lipinski definition) is 0. The second kappa shape index (κ2) is 11.6. The summed E-state index contributed by atoms with van der Waals surface area (Å²) in [5, 5.41) is 0. The highest BCUT2D eigenvalue weighted by atomic mass is 28.3. The highest BCUT2D eigenvalue weighted by molar-refractivity contribution is 6.44. The van der Waals surface area contributed by atoms with Crippen LogP contribution in [0.15, 0.2) is 0 Å². The minimum Gasteiger partial charge on any atom is -0.400 e. The summed E-state index contributed by atoms with van der Waals surface area (Å²) in [6.07, 6.45) is 1.71. The fourth-order valence-corrected chi connectivity index (χ4v) is 3.63. The zero-order valence-corrected chi connectivity index (χ0v) is 14.8. The molecule has 0 rings (SSSR count). The van der Waals surface area contributed by atoms with Gasteiger partial charge < -0.3 is 27.8 Å². The Bertz CT molecular complexity index is 221. The molecular weight excluding hydrogens is 280 g/mol. The van der Waals surface area contributed by atoms with Gasteiger partial charge in [0.2, 0.25) is 0 Å². The summed E-state index contributed by atoms with van der Waals surface area (Å²) in [5.74, 6) is -0.829. The molecule has 0 saturated heterocycles. The van der Waals surface area contributed by atoms with E-state index in [0.717, 1.165) is 19.4 Å². The topological polar surface area (TPSA) is 55.4 Å². The molecule has 0 spiro atoms. The largest absolute Gasteiger partial charge is 0.400 e. The average molecular weight is 310 g/mol. The van der Waals surface area contributed by atoms with Crippen LogP contribution in [-0.4, -0.2) is 69.9 Å². The van der Waals surface area contributed by atoms with Gasteiger partial charge in [0.15, 0.2) is 5.79 Å². The molecule has 0 aliphatic rings. The molecule has 20 heavy (non-hydrogen) atoms. The standard InChI is InChI=1S/C13H30O6Si/c1-12(19-10-8-7-9-14-2)13(15-3,16-4)11-20(17-5)18-6/h12,20H,7-11H2,1-6H3. The Labute approximate surface area is 124 Å². The predicted molar refractivity (Wildman–Crippen MR) is 79.2 cm³/mol. The van der Waals surface area contributed by atoms with Crippen LogP contribution in [0.25, 0.3) is 0 Å². The molecule has 0 aliphatic heterocycles. The highest BCUT2D eigenvalue weighted by Crippen LogP contribution is 2.26. The first-order valence-corrected chi connectivity index (χ1v) is 8.62. The number of ether oxygens (including phenoxy) is 4. The molecule has 6 nitrogen and oxygen atoms in total. The molecule has 0 aromatic carbocycles. The average Bonchev–Trinajstić information content (AvgIpc) is 2.49. The van der Waals surface area contributed by atoms with Crippen molar-refractivity contribution in [3.63, 3.8) is 0 Å². The maximum Gasteiger partial charge on any atom is 0.326 e. The SMILES string of the molecule is COCCCCOC(C)C(C[SiH](OC)OC)(OC)OC. The van der Waals surface area contributed by atoms with Gasteiger partial charge in [0.1, 0.15) is 6.10 Å². The van der Waals surface area contributed by atoms with E-state index < -0.39 is 15.1 Å². The predicted octanol–water partition coefficient (Wildman–Crippen LogP) is 1.32. The normalized spacial score (nSPS) is 13.9. The second-order valence-corrected chi connectivity index (χ2v) is 6.75. The maximum atomic E-state index is 5.83. The van der Waals surface area contributed by atoms with E-state index in [0.29, 0.717) is 12.7 Å². The Morgan fingerprint density at radius 1 is 0.900 bits per heavy atom. The van der Waals surface area contributed by atoms with Gasteiger partial charge in [-0.3, -0.25) is 0 Å². The zero-order chi connectivity index (χ0) is 15.4. The summed E-state index contributed by atoms with van der Waals surface area (Å²) in [6.45, 7) is 3.34. The lowest BCUT2D eigenvalue weighted by molar-refractivity contribution is -0.255. The first-order chi connectivity index (χ1) is 9.60. The fraction of sp³-hybridized carbons (Fsp3) is 1.00. The van der Waals surface area contributed by atoms with Crippen LogP contribution in [0.5, 0.6) is 0 Å². The first kappa shape index (κ1) is 20.0. The van der Waals surface area contributed by atoms with Crippen LogP contribution in [-0.2, 0) is 27.8 Å². The molecule has 0 heterocycles. The molecule has 122 valence electrons. The summed E-state index contributed by atoms with van der Waals surface area (Å²) in [7, 11) is 6.41. The van der Waals surface area contributed by atoms with E-state index in [1.165, 1.54) is 0 Å². The van der Waals surface area contributed by atoms with Crippen LogP contribution in [0.1, 0.15) is 19.8 Å². The van der Waals surface area contributed by atoms with Crippen molar-refractivity contribution in [1.82, 2.24) is 0 Å². The van der Waals surface area contributed by atoms with E-state index in [1.807, 2.05) is 6.92 Å². The molecule has 0 radical (unpaired) electrons. The van der Waals surface area contributed by atoms with Crippen LogP contribution in [0, 0.1) is 0 Å². The third-order valence-electron chi connectivity index (χ3n) is 3.40. The number of methoxy groups -OCH3 is 3. The Morgan fingerprint density at radius 2 is 1.45 bits per heavy atom. The van der Waals surface area contributed by atoms with Crippen molar-refractivity contribution >= 4 is 9.28 Å². The lowest BCUT2D eigenvalue weighted by Gasteiger charge is -2.37. The van der Waals surface area contributed by atoms with Gasteiger partial charge >= 0.3 is 9.28 Å². The Hall–Kier alpha value is -0.0231. The summed E-state index contributed by atoms with van der Waals surface area (Å²) < 4.78 is 32.7. The van der Waals surface area contributed by atoms with Crippen molar-refractivity contribution in [3.8, 4) is 0 Å². The quantitative estimate of drug-likeness (QED) is 0.290. The molecule has 0 saturated carbocycles. The second-order valence-electron chi connectivity index (χ2n) is 4.54. The lowest BCUT2D eigenvalue weighted by atomic mass is 10.2. The third-order valence-corrected chi connectivity index (χ3v) is 5.35. The van der Waals surface area contributed by atoms with Gasteiger partial charge in [-0.25, -0.2) is 0 Å². The molecule has 0 bridgehead atoms. The molecule has 1 unspecified atom stereocenters. The van der Waals surface area contributed by atoms with Crippen LogP contribution >= 0.6 is 0 Å². The summed E-state index contributed by atoms with van der Waals surface area (Å²) in [4.78, 5) is 0. The maximum absolute atomic E-state index is 5.83. The van der Waals surface area contributed by atoms with Crippen molar-refractivity contribution in [3.05, 3.63) is 0 Å². The van der Waals surface area contributed by atoms with Crippen LogP contribution in [0.2, 0.25) is 6.04 Å². The molecule has 0 aromatic heterocycles. The molecule has 0 aromatic rings. The molecule has 0 aliphatic carbocycles. The van der Waals surface area contributed by atoms with Gasteiger partial charge in [-0.2, -0.15) is 0 Å². The van der Waals surface area contributed by atoms with Crippen LogP contribution < -0.4 is 0 Å². The fourth-order valence-electron chi connectivity index (χ4n) is 1.98. The first-order valence-electron chi connectivity index (χ1n) is 6.86. The van der Waals surface area contributed by atoms with E-state index in [-0.39, 0.29) is 6.10 Å². The molecule has 0 amide bonds. The van der Waals surface area contributed by atoms with Gasteiger partial charge in [0.25, 0.3) is 0 Å². The smallest absolute Gasteiger partial charge is 0.326 e. The Kier molecular flexibility index (Phi) is 11.6. The van der Waals surface area contributed by atoms with Crippen molar-refractivity contribution in [1.29, 1.82) is 0 Å². The summed E-state index contributed by atoms with van der Waals surface area (Å²) in [5.41, 5.74) is 0. The van der Waals surface area contributed by atoms with Gasteiger partial charge in [0.05, 0.1) is 0 Å². The van der Waals surface area contributed by atoms with Gasteiger partial charge in [-0.05, 0) is 19.8 Å². The highest BCUT2D eigenvalue weighted by Gasteiger charge is 2.41. The van der Waals surface area contributed by atoms with Gasteiger partial charge in [-0.1, -0.05) is 0 Å². The van der Waals surface area contributed by atoms with E-state index in [9.17, 15) is 0 Å². The summed E-state index contributed by atoms with van der Waals surface area (Å²) in [6, 6.07) is 0.562. The van der Waals surface area contributed by atoms with Crippen molar-refractivity contribution in [2.24, 2.45) is 0 Å². The van der Waals surface area contributed by atoms with Crippen molar-refractivity contribution in [2.45, 2.75) is 37.7 Å². The molecule has 0 fully saturated rings. The molecule has 1 atom stereocenters. The number of hydrogen-bond acceptors (Lipinski definition) is 6. The molecular formula is C13H30O6Si. The van der Waals surface area contributed by atoms with E-state index in [4.69, 9.17) is 27.8 Å². The Balaban J connectivity index is 4.39. The van der Waals surface area contributed by atoms with Gasteiger partial charge in [-0.15, -0.1) is 0 Å². The van der Waals surface area contributed by atoms with Gasteiger partial charge in [0, 0.05) is 54.8 Å². The number of unbranched alkanes of at least 4 members (excludes halogenated alkanes) is 1. The number of rotatable bonds is 13.